The Labute approximate surface area is 291 Å². The third kappa shape index (κ3) is 4.86. The van der Waals surface area contributed by atoms with Crippen LogP contribution in [0.15, 0.2) is 48.5 Å². The smallest absolute Gasteiger partial charge is 0.263 e. The van der Waals surface area contributed by atoms with Gasteiger partial charge in [-0.25, -0.2) is 0 Å². The zero-order valence-electron chi connectivity index (χ0n) is 29.0. The third-order valence-electron chi connectivity index (χ3n) is 11.0. The molecular formula is C42H44N4O4. The Bertz CT molecular complexity index is 2220. The average Bonchev–Trinajstić information content (AvgIpc) is 3.70. The molecule has 0 atom stereocenters. The molecule has 2 N–H and O–H groups in total. The lowest BCUT2D eigenvalue weighted by Crippen LogP contribution is -2.44. The maximum Gasteiger partial charge on any atom is 0.263 e. The summed E-state index contributed by atoms with van der Waals surface area (Å²) in [6.07, 6.45) is 12.3. The fourth-order valence-corrected chi connectivity index (χ4v) is 8.51. The minimum absolute atomic E-state index is 0.307. The van der Waals surface area contributed by atoms with Crippen molar-refractivity contribution in [2.75, 3.05) is 13.1 Å². The summed E-state index contributed by atoms with van der Waals surface area (Å²) in [5.74, 6) is -1.49. The number of hydrogen-bond donors (Lipinski definition) is 2. The standard InChI is InChI=1S/C42H44N4O4/c1-3-5-7-9-11-17-23-45-39(47)33-29-25-19-13-15-21-27(25)43-37(29)35-32-31(33)34(40(45)48)30-26-20-14-16-22-28(26)44-38(30)36(32)42(50)46(41(35)49)24-18-12-10-8-6-4-2/h13-16,19-22,43-44H,3-12,17-18,23-24H2,1-2H3. The molecule has 0 bridgehead atoms. The van der Waals surface area contributed by atoms with E-state index in [0.29, 0.717) is 80.8 Å². The van der Waals surface area contributed by atoms with E-state index >= 15 is 0 Å². The number of amides is 4. The van der Waals surface area contributed by atoms with Gasteiger partial charge in [0.2, 0.25) is 0 Å². The summed E-state index contributed by atoms with van der Waals surface area (Å²) in [5, 5.41) is 3.75. The van der Waals surface area contributed by atoms with Gasteiger partial charge in [-0.2, -0.15) is 0 Å². The zero-order valence-corrected chi connectivity index (χ0v) is 29.0. The van der Waals surface area contributed by atoms with Gasteiger partial charge in [-0.15, -0.1) is 0 Å². The molecule has 8 nitrogen and oxygen atoms in total. The molecule has 4 amide bonds. The van der Waals surface area contributed by atoms with Crippen LogP contribution < -0.4 is 0 Å². The van der Waals surface area contributed by atoms with E-state index in [2.05, 4.69) is 23.8 Å². The quantitative estimate of drug-likeness (QED) is 0.0890. The van der Waals surface area contributed by atoms with Crippen molar-refractivity contribution in [3.63, 3.8) is 0 Å². The van der Waals surface area contributed by atoms with E-state index in [1.54, 1.807) is 0 Å². The second-order valence-corrected chi connectivity index (χ2v) is 14.2. The number of carbonyl (C=O) groups excluding carboxylic acids is 4. The summed E-state index contributed by atoms with van der Waals surface area (Å²) >= 11 is 0. The second kappa shape index (κ2) is 13.0. The van der Waals surface area contributed by atoms with Gasteiger partial charge in [-0.3, -0.25) is 29.0 Å². The summed E-state index contributed by atoms with van der Waals surface area (Å²) in [4.78, 5) is 68.7. The maximum absolute atomic E-state index is 14.8. The molecule has 4 aromatic carbocycles. The van der Waals surface area contributed by atoms with E-state index in [0.717, 1.165) is 73.2 Å². The van der Waals surface area contributed by atoms with E-state index < -0.39 is 0 Å². The number of benzene rings is 4. The Hall–Kier alpha value is -4.98. The highest BCUT2D eigenvalue weighted by atomic mass is 16.2. The zero-order chi connectivity index (χ0) is 34.5. The predicted molar refractivity (Wildman–Crippen MR) is 200 cm³/mol. The number of aromatic nitrogens is 2. The van der Waals surface area contributed by atoms with Crippen molar-refractivity contribution < 1.29 is 19.2 Å². The van der Waals surface area contributed by atoms with Crippen LogP contribution in [-0.2, 0) is 0 Å². The molecule has 0 aliphatic carbocycles. The van der Waals surface area contributed by atoms with Crippen LogP contribution in [0.5, 0.6) is 0 Å². The lowest BCUT2D eigenvalue weighted by Gasteiger charge is -2.33. The molecule has 2 aliphatic rings. The number of unbranched alkanes of at least 4 members (excludes halogenated alkanes) is 10. The Balaban J connectivity index is 1.40. The van der Waals surface area contributed by atoms with Gasteiger partial charge in [0.05, 0.1) is 33.3 Å². The molecule has 256 valence electrons. The average molecular weight is 669 g/mol. The lowest BCUT2D eigenvalue weighted by atomic mass is 9.81. The van der Waals surface area contributed by atoms with Crippen molar-refractivity contribution in [3.05, 3.63) is 70.8 Å². The predicted octanol–water partition coefficient (Wildman–Crippen LogP) is 10.0. The molecule has 8 heteroatoms. The second-order valence-electron chi connectivity index (χ2n) is 14.2. The number of nitrogens with one attached hydrogen (secondary N) is 2. The molecule has 2 aliphatic heterocycles. The first kappa shape index (κ1) is 32.2. The Kier molecular flexibility index (Phi) is 8.41. The number of aromatic amines is 2. The van der Waals surface area contributed by atoms with E-state index in [4.69, 9.17) is 0 Å². The number of carbonyl (C=O) groups is 4. The number of fused-ring (bicyclic) bond motifs is 10. The molecule has 8 rings (SSSR count). The summed E-state index contributed by atoms with van der Waals surface area (Å²) < 4.78 is 0. The SMILES string of the molecule is CCCCCCCCN1C(=O)c2c3[nH]c4ccccc4c3c3c4c(c5c([nH]c6ccccc65)c(c24)C1=O)C(=O)N(CCCCCCCC)C3=O. The van der Waals surface area contributed by atoms with Crippen LogP contribution in [0.1, 0.15) is 132 Å². The van der Waals surface area contributed by atoms with Gasteiger partial charge in [0.25, 0.3) is 23.6 Å². The summed E-state index contributed by atoms with van der Waals surface area (Å²) in [6.45, 7) is 4.99. The highest BCUT2D eigenvalue weighted by molar-refractivity contribution is 6.45. The molecule has 0 fully saturated rings. The van der Waals surface area contributed by atoms with Gasteiger partial charge in [0.1, 0.15) is 0 Å². The van der Waals surface area contributed by atoms with Crippen molar-refractivity contribution in [1.29, 1.82) is 0 Å². The van der Waals surface area contributed by atoms with Crippen LogP contribution in [-0.4, -0.2) is 56.5 Å². The number of rotatable bonds is 14. The summed E-state index contributed by atoms with van der Waals surface area (Å²) in [7, 11) is 0. The minimum Gasteiger partial charge on any atom is -0.354 e. The number of imide groups is 2. The Morgan fingerprint density at radius 1 is 0.440 bits per heavy atom. The minimum atomic E-state index is -0.380. The normalized spacial score (nSPS) is 14.6. The van der Waals surface area contributed by atoms with Gasteiger partial charge < -0.3 is 9.97 Å². The van der Waals surface area contributed by atoms with Crippen molar-refractivity contribution in [3.8, 4) is 0 Å². The van der Waals surface area contributed by atoms with Crippen LogP contribution in [0.3, 0.4) is 0 Å². The molecule has 6 aromatic rings. The molecule has 0 radical (unpaired) electrons. The number of para-hydroxylation sites is 2. The van der Waals surface area contributed by atoms with Gasteiger partial charge in [-0.1, -0.05) is 114 Å². The maximum atomic E-state index is 14.8. The van der Waals surface area contributed by atoms with Crippen molar-refractivity contribution >= 4 is 78.0 Å². The molecule has 4 heterocycles. The number of nitrogens with zero attached hydrogens (tertiary/aromatic N) is 2. The topological polar surface area (TPSA) is 106 Å². The fourth-order valence-electron chi connectivity index (χ4n) is 8.51. The third-order valence-corrected chi connectivity index (χ3v) is 11.0. The highest BCUT2D eigenvalue weighted by Gasteiger charge is 2.45. The number of H-pyrrole nitrogens is 2. The monoisotopic (exact) mass is 668 g/mol. The fraction of sp³-hybridized carbons (Fsp3) is 0.381. The van der Waals surface area contributed by atoms with Crippen molar-refractivity contribution in [2.24, 2.45) is 0 Å². The molecule has 0 saturated carbocycles. The molecule has 50 heavy (non-hydrogen) atoms. The first-order chi connectivity index (χ1) is 24.5. The Morgan fingerprint density at radius 2 is 0.800 bits per heavy atom. The van der Waals surface area contributed by atoms with Gasteiger partial charge >= 0.3 is 0 Å². The highest BCUT2D eigenvalue weighted by Crippen LogP contribution is 2.49. The van der Waals surface area contributed by atoms with Crippen LogP contribution in [0.4, 0.5) is 0 Å². The van der Waals surface area contributed by atoms with Crippen molar-refractivity contribution in [2.45, 2.75) is 90.9 Å². The largest absolute Gasteiger partial charge is 0.354 e. The van der Waals surface area contributed by atoms with Gasteiger partial charge in [0, 0.05) is 56.4 Å². The van der Waals surface area contributed by atoms with E-state index in [1.807, 2.05) is 48.5 Å². The first-order valence-corrected chi connectivity index (χ1v) is 18.7. The van der Waals surface area contributed by atoms with E-state index in [9.17, 15) is 19.2 Å². The van der Waals surface area contributed by atoms with Gasteiger partial charge in [0.15, 0.2) is 0 Å². The molecular weight excluding hydrogens is 624 g/mol. The van der Waals surface area contributed by atoms with Crippen LogP contribution >= 0.6 is 0 Å². The van der Waals surface area contributed by atoms with Crippen molar-refractivity contribution in [1.82, 2.24) is 19.8 Å². The summed E-state index contributed by atoms with van der Waals surface area (Å²) in [5.41, 5.74) is 4.20. The lowest BCUT2D eigenvalue weighted by molar-refractivity contribution is 0.0589. The molecule has 0 saturated heterocycles. The molecule has 0 unspecified atom stereocenters. The summed E-state index contributed by atoms with van der Waals surface area (Å²) in [6, 6.07) is 15.5. The van der Waals surface area contributed by atoms with E-state index in [-0.39, 0.29) is 23.6 Å². The van der Waals surface area contributed by atoms with Gasteiger partial charge in [-0.05, 0) is 25.0 Å². The van der Waals surface area contributed by atoms with Crippen LogP contribution in [0.2, 0.25) is 0 Å². The molecule has 2 aromatic heterocycles. The van der Waals surface area contributed by atoms with E-state index in [1.165, 1.54) is 22.6 Å². The first-order valence-electron chi connectivity index (χ1n) is 18.7. The number of hydrogen-bond acceptors (Lipinski definition) is 4. The van der Waals surface area contributed by atoms with Crippen LogP contribution in [0, 0.1) is 0 Å². The molecule has 0 spiro atoms. The Morgan fingerprint density at radius 3 is 1.24 bits per heavy atom. The van der Waals surface area contributed by atoms with Crippen LogP contribution in [0.25, 0.3) is 54.4 Å².